The van der Waals surface area contributed by atoms with Crippen LogP contribution in [0.15, 0.2) is 29.2 Å². The molecule has 0 saturated carbocycles. The van der Waals surface area contributed by atoms with Gasteiger partial charge in [0.05, 0.1) is 0 Å². The first-order valence-electron chi connectivity index (χ1n) is 7.37. The van der Waals surface area contributed by atoms with Gasteiger partial charge in [-0.3, -0.25) is 4.79 Å². The number of hydrogen-bond donors (Lipinski definition) is 1. The number of rotatable bonds is 5. The first-order chi connectivity index (χ1) is 10.5. The highest BCUT2D eigenvalue weighted by molar-refractivity contribution is 7.98. The first-order valence-corrected chi connectivity index (χ1v) is 8.59. The summed E-state index contributed by atoms with van der Waals surface area (Å²) in [7, 11) is 0. The molecule has 1 saturated heterocycles. The van der Waals surface area contributed by atoms with Gasteiger partial charge in [0, 0.05) is 11.4 Å². The number of likely N-dealkylation sites (tertiary alicyclic amines) is 1. The van der Waals surface area contributed by atoms with Crippen LogP contribution in [0.2, 0.25) is 0 Å². The van der Waals surface area contributed by atoms with Crippen molar-refractivity contribution in [1.82, 2.24) is 4.90 Å². The van der Waals surface area contributed by atoms with Gasteiger partial charge in [-0.05, 0) is 56.7 Å². The molecule has 120 valence electrons. The summed E-state index contributed by atoms with van der Waals surface area (Å²) in [6, 6.07) is 6.77. The predicted octanol–water partition coefficient (Wildman–Crippen LogP) is 2.64. The molecule has 2 unspecified atom stereocenters. The number of carboxylic acid groups (broad SMARTS) is 1. The number of nitrogens with zero attached hydrogens (tertiary/aromatic N) is 1. The monoisotopic (exact) mass is 323 g/mol. The van der Waals surface area contributed by atoms with E-state index in [-0.39, 0.29) is 5.91 Å². The summed E-state index contributed by atoms with van der Waals surface area (Å²) >= 11 is 1.63. The van der Waals surface area contributed by atoms with Crippen molar-refractivity contribution in [2.45, 2.75) is 43.2 Å². The van der Waals surface area contributed by atoms with Crippen molar-refractivity contribution in [3.05, 3.63) is 24.3 Å². The topological polar surface area (TPSA) is 66.8 Å². The van der Waals surface area contributed by atoms with Crippen LogP contribution in [0.1, 0.15) is 26.2 Å². The molecule has 1 aromatic carbocycles. The molecule has 1 aliphatic rings. The van der Waals surface area contributed by atoms with Gasteiger partial charge in [0.25, 0.3) is 5.91 Å². The van der Waals surface area contributed by atoms with Crippen molar-refractivity contribution in [2.24, 2.45) is 0 Å². The molecule has 2 rings (SSSR count). The molecule has 1 amide bonds. The Kier molecular flexibility index (Phi) is 5.71. The van der Waals surface area contributed by atoms with Gasteiger partial charge < -0.3 is 14.7 Å². The Hall–Kier alpha value is -1.69. The second kappa shape index (κ2) is 7.54. The highest BCUT2D eigenvalue weighted by Crippen LogP contribution is 2.22. The molecule has 1 heterocycles. The summed E-state index contributed by atoms with van der Waals surface area (Å²) in [6.07, 6.45) is 3.48. The highest BCUT2D eigenvalue weighted by atomic mass is 32.2. The highest BCUT2D eigenvalue weighted by Gasteiger charge is 2.34. The van der Waals surface area contributed by atoms with Gasteiger partial charge in [-0.2, -0.15) is 0 Å². The summed E-state index contributed by atoms with van der Waals surface area (Å²) in [5.41, 5.74) is 0. The minimum atomic E-state index is -0.940. The number of carbonyl (C=O) groups is 2. The standard InChI is InChI=1S/C16H21NO4S/c1-11(21-12-6-8-13(22-2)9-7-12)15(18)17-10-4-3-5-14(17)16(19)20/h6-9,11,14H,3-5,10H2,1-2H3,(H,19,20). The molecule has 0 aromatic heterocycles. The van der Waals surface area contributed by atoms with Crippen LogP contribution in [0.25, 0.3) is 0 Å². The number of piperidine rings is 1. The minimum Gasteiger partial charge on any atom is -0.481 e. The average molecular weight is 323 g/mol. The van der Waals surface area contributed by atoms with Gasteiger partial charge in [0.1, 0.15) is 11.8 Å². The van der Waals surface area contributed by atoms with E-state index in [9.17, 15) is 14.7 Å². The lowest BCUT2D eigenvalue weighted by atomic mass is 10.0. The zero-order valence-corrected chi connectivity index (χ0v) is 13.6. The van der Waals surface area contributed by atoms with Gasteiger partial charge in [0.15, 0.2) is 6.10 Å². The van der Waals surface area contributed by atoms with Crippen LogP contribution >= 0.6 is 11.8 Å². The van der Waals surface area contributed by atoms with Crippen LogP contribution in [0.4, 0.5) is 0 Å². The zero-order valence-electron chi connectivity index (χ0n) is 12.8. The van der Waals surface area contributed by atoms with Crippen LogP contribution in [0.3, 0.4) is 0 Å². The molecule has 1 N–H and O–H groups in total. The Morgan fingerprint density at radius 3 is 2.59 bits per heavy atom. The van der Waals surface area contributed by atoms with E-state index in [2.05, 4.69) is 0 Å². The maximum Gasteiger partial charge on any atom is 0.326 e. The van der Waals surface area contributed by atoms with Crippen molar-refractivity contribution < 1.29 is 19.4 Å². The number of amides is 1. The fourth-order valence-corrected chi connectivity index (χ4v) is 3.00. The zero-order chi connectivity index (χ0) is 16.1. The number of carbonyl (C=O) groups excluding carboxylic acids is 1. The fraction of sp³-hybridized carbons (Fsp3) is 0.500. The summed E-state index contributed by atoms with van der Waals surface area (Å²) < 4.78 is 5.66. The number of ether oxygens (including phenoxy) is 1. The summed E-state index contributed by atoms with van der Waals surface area (Å²) in [5, 5.41) is 9.25. The van der Waals surface area contributed by atoms with Crippen molar-refractivity contribution in [1.29, 1.82) is 0 Å². The lowest BCUT2D eigenvalue weighted by molar-refractivity contribution is -0.155. The van der Waals surface area contributed by atoms with Gasteiger partial charge in [-0.25, -0.2) is 4.79 Å². The van der Waals surface area contributed by atoms with Crippen LogP contribution in [0.5, 0.6) is 5.75 Å². The van der Waals surface area contributed by atoms with Crippen LogP contribution in [-0.2, 0) is 9.59 Å². The number of benzene rings is 1. The number of carboxylic acids is 1. The predicted molar refractivity (Wildman–Crippen MR) is 85.3 cm³/mol. The smallest absolute Gasteiger partial charge is 0.326 e. The normalized spacial score (nSPS) is 19.5. The molecule has 6 heteroatoms. The molecule has 1 aromatic rings. The Morgan fingerprint density at radius 1 is 1.32 bits per heavy atom. The van der Waals surface area contributed by atoms with Gasteiger partial charge >= 0.3 is 5.97 Å². The van der Waals surface area contributed by atoms with Crippen LogP contribution in [-0.4, -0.2) is 46.8 Å². The number of hydrogen-bond acceptors (Lipinski definition) is 4. The molecule has 1 aliphatic heterocycles. The van der Waals surface area contributed by atoms with E-state index in [0.717, 1.165) is 17.7 Å². The Morgan fingerprint density at radius 2 is 2.00 bits per heavy atom. The third-order valence-corrected chi connectivity index (χ3v) is 4.53. The first kappa shape index (κ1) is 16.7. The number of aliphatic carboxylic acids is 1. The van der Waals surface area contributed by atoms with Crippen molar-refractivity contribution in [3.8, 4) is 5.75 Å². The molecular weight excluding hydrogens is 302 g/mol. The van der Waals surface area contributed by atoms with Crippen LogP contribution < -0.4 is 4.74 Å². The van der Waals surface area contributed by atoms with E-state index in [1.807, 2.05) is 30.5 Å². The Bertz CT molecular complexity index is 531. The third-order valence-electron chi connectivity index (χ3n) is 3.79. The third kappa shape index (κ3) is 3.94. The maximum atomic E-state index is 12.5. The molecule has 0 bridgehead atoms. The summed E-state index contributed by atoms with van der Waals surface area (Å²) in [5.74, 6) is -0.590. The van der Waals surface area contributed by atoms with E-state index >= 15 is 0 Å². The van der Waals surface area contributed by atoms with E-state index in [1.165, 1.54) is 4.90 Å². The second-order valence-corrected chi connectivity index (χ2v) is 6.20. The van der Waals surface area contributed by atoms with Crippen LogP contribution in [0, 0.1) is 0 Å². The molecule has 1 fully saturated rings. The molecule has 0 spiro atoms. The SMILES string of the molecule is CSc1ccc(OC(C)C(=O)N2CCCCC2C(=O)O)cc1. The van der Waals surface area contributed by atoms with E-state index in [0.29, 0.717) is 18.7 Å². The van der Waals surface area contributed by atoms with Gasteiger partial charge in [-0.15, -0.1) is 11.8 Å². The molecular formula is C16H21NO4S. The van der Waals surface area contributed by atoms with Gasteiger partial charge in [0.2, 0.25) is 0 Å². The summed E-state index contributed by atoms with van der Waals surface area (Å²) in [4.78, 5) is 26.3. The van der Waals surface area contributed by atoms with Gasteiger partial charge in [-0.1, -0.05) is 0 Å². The van der Waals surface area contributed by atoms with E-state index in [1.54, 1.807) is 18.7 Å². The lowest BCUT2D eigenvalue weighted by Gasteiger charge is -2.34. The van der Waals surface area contributed by atoms with Crippen molar-refractivity contribution >= 4 is 23.6 Å². The molecule has 5 nitrogen and oxygen atoms in total. The molecule has 22 heavy (non-hydrogen) atoms. The summed E-state index contributed by atoms with van der Waals surface area (Å²) in [6.45, 7) is 2.15. The van der Waals surface area contributed by atoms with Crippen molar-refractivity contribution in [3.63, 3.8) is 0 Å². The molecule has 0 radical (unpaired) electrons. The Labute approximate surface area is 134 Å². The van der Waals surface area contributed by atoms with E-state index < -0.39 is 18.1 Å². The number of thioether (sulfide) groups is 1. The van der Waals surface area contributed by atoms with E-state index in [4.69, 9.17) is 4.74 Å². The lowest BCUT2D eigenvalue weighted by Crippen LogP contribution is -2.52. The quantitative estimate of drug-likeness (QED) is 0.844. The maximum absolute atomic E-state index is 12.5. The fourth-order valence-electron chi connectivity index (χ4n) is 2.59. The molecule has 2 atom stereocenters. The Balaban J connectivity index is 2.02. The second-order valence-electron chi connectivity index (χ2n) is 5.32. The minimum absolute atomic E-state index is 0.263. The largest absolute Gasteiger partial charge is 0.481 e. The average Bonchev–Trinajstić information content (AvgIpc) is 2.54. The van der Waals surface area contributed by atoms with Crippen molar-refractivity contribution in [2.75, 3.05) is 12.8 Å². The molecule has 0 aliphatic carbocycles.